The molecule has 0 bridgehead atoms. The molecule has 0 aliphatic carbocycles. The number of nitrogens with zero attached hydrogens (tertiary/aromatic N) is 2. The Morgan fingerprint density at radius 1 is 1.00 bits per heavy atom. The maximum Gasteiger partial charge on any atom is 0.316 e. The largest absolute Gasteiger partial charge is 0.351 e. The molecule has 0 atom stereocenters. The standard InChI is InChI=1S/C16H14N4O/c17-16(21)18-14-11-20(13-9-5-2-6-10-13)19-15(14)12-7-3-1-4-8-12/h1-11H,(H3,17,18,21). The summed E-state index contributed by atoms with van der Waals surface area (Å²) in [7, 11) is 0. The van der Waals surface area contributed by atoms with Crippen LogP contribution in [-0.4, -0.2) is 15.8 Å². The van der Waals surface area contributed by atoms with Crippen molar-refractivity contribution in [2.45, 2.75) is 0 Å². The Hall–Kier alpha value is -3.08. The molecule has 1 heterocycles. The van der Waals surface area contributed by atoms with E-state index in [-0.39, 0.29) is 0 Å². The van der Waals surface area contributed by atoms with Crippen LogP contribution in [0.25, 0.3) is 16.9 Å². The molecule has 2 amide bonds. The van der Waals surface area contributed by atoms with Crippen molar-refractivity contribution in [1.82, 2.24) is 9.78 Å². The van der Waals surface area contributed by atoms with E-state index >= 15 is 0 Å². The molecule has 0 aliphatic rings. The van der Waals surface area contributed by atoms with Crippen LogP contribution in [0.1, 0.15) is 0 Å². The molecule has 5 nitrogen and oxygen atoms in total. The van der Waals surface area contributed by atoms with Gasteiger partial charge in [-0.15, -0.1) is 0 Å². The molecule has 21 heavy (non-hydrogen) atoms. The van der Waals surface area contributed by atoms with Crippen molar-refractivity contribution >= 4 is 11.7 Å². The molecule has 0 saturated heterocycles. The minimum atomic E-state index is -0.611. The second-order valence-corrected chi connectivity index (χ2v) is 4.53. The van der Waals surface area contributed by atoms with E-state index in [1.54, 1.807) is 10.9 Å². The first-order valence-electron chi connectivity index (χ1n) is 6.51. The summed E-state index contributed by atoms with van der Waals surface area (Å²) in [6, 6.07) is 18.7. The van der Waals surface area contributed by atoms with Crippen LogP contribution in [-0.2, 0) is 0 Å². The van der Waals surface area contributed by atoms with Gasteiger partial charge >= 0.3 is 6.03 Å². The normalized spacial score (nSPS) is 10.3. The molecular weight excluding hydrogens is 264 g/mol. The van der Waals surface area contributed by atoms with Crippen molar-refractivity contribution in [2.24, 2.45) is 5.73 Å². The van der Waals surface area contributed by atoms with E-state index in [1.807, 2.05) is 60.7 Å². The van der Waals surface area contributed by atoms with Gasteiger partial charge in [-0.1, -0.05) is 48.5 Å². The van der Waals surface area contributed by atoms with Crippen molar-refractivity contribution in [1.29, 1.82) is 0 Å². The maximum atomic E-state index is 11.2. The Kier molecular flexibility index (Phi) is 3.39. The van der Waals surface area contributed by atoms with Gasteiger partial charge in [-0.05, 0) is 12.1 Å². The van der Waals surface area contributed by atoms with Gasteiger partial charge in [0.1, 0.15) is 5.69 Å². The Labute approximate surface area is 122 Å². The molecule has 0 radical (unpaired) electrons. The number of para-hydroxylation sites is 1. The molecule has 0 saturated carbocycles. The fraction of sp³-hybridized carbons (Fsp3) is 0. The van der Waals surface area contributed by atoms with Crippen LogP contribution in [0.5, 0.6) is 0 Å². The number of nitrogens with two attached hydrogens (primary N) is 1. The van der Waals surface area contributed by atoms with Crippen LogP contribution in [0.15, 0.2) is 66.9 Å². The predicted octanol–water partition coefficient (Wildman–Crippen LogP) is 3.03. The number of carbonyl (C=O) groups excluding carboxylic acids is 1. The molecule has 0 aliphatic heterocycles. The van der Waals surface area contributed by atoms with Crippen molar-refractivity contribution in [3.05, 3.63) is 66.9 Å². The molecular formula is C16H14N4O. The first kappa shape index (κ1) is 12.9. The van der Waals surface area contributed by atoms with E-state index in [1.165, 1.54) is 0 Å². The van der Waals surface area contributed by atoms with Gasteiger partial charge in [0.05, 0.1) is 17.6 Å². The molecule has 3 N–H and O–H groups in total. The monoisotopic (exact) mass is 278 g/mol. The number of aromatic nitrogens is 2. The summed E-state index contributed by atoms with van der Waals surface area (Å²) in [6.45, 7) is 0. The van der Waals surface area contributed by atoms with Crippen LogP contribution in [0.2, 0.25) is 0 Å². The van der Waals surface area contributed by atoms with Crippen LogP contribution >= 0.6 is 0 Å². The number of hydrogen-bond acceptors (Lipinski definition) is 2. The lowest BCUT2D eigenvalue weighted by Gasteiger charge is -2.01. The Morgan fingerprint density at radius 2 is 1.62 bits per heavy atom. The van der Waals surface area contributed by atoms with Gasteiger partial charge in [-0.2, -0.15) is 5.10 Å². The summed E-state index contributed by atoms with van der Waals surface area (Å²) in [5, 5.41) is 7.17. The molecule has 3 rings (SSSR count). The summed E-state index contributed by atoms with van der Waals surface area (Å²) in [5.41, 5.74) is 8.31. The van der Waals surface area contributed by atoms with Gasteiger partial charge < -0.3 is 11.1 Å². The molecule has 0 unspecified atom stereocenters. The topological polar surface area (TPSA) is 72.9 Å². The van der Waals surface area contributed by atoms with E-state index in [4.69, 9.17) is 5.73 Å². The SMILES string of the molecule is NC(=O)Nc1cn(-c2ccccc2)nc1-c1ccccc1. The lowest BCUT2D eigenvalue weighted by atomic mass is 10.1. The lowest BCUT2D eigenvalue weighted by molar-refractivity contribution is 0.259. The molecule has 3 aromatic rings. The Bertz CT molecular complexity index is 750. The number of anilines is 1. The number of amides is 2. The van der Waals surface area contributed by atoms with Gasteiger partial charge in [0.25, 0.3) is 0 Å². The average Bonchev–Trinajstić information content (AvgIpc) is 2.92. The van der Waals surface area contributed by atoms with Gasteiger partial charge in [-0.3, -0.25) is 0 Å². The number of hydrogen-bond donors (Lipinski definition) is 2. The third kappa shape index (κ3) is 2.76. The Morgan fingerprint density at radius 3 is 2.24 bits per heavy atom. The second kappa shape index (κ2) is 5.50. The fourth-order valence-corrected chi connectivity index (χ4v) is 2.12. The smallest absolute Gasteiger partial charge is 0.316 e. The predicted molar refractivity (Wildman–Crippen MR) is 82.2 cm³/mol. The third-order valence-corrected chi connectivity index (χ3v) is 3.04. The molecule has 0 spiro atoms. The third-order valence-electron chi connectivity index (χ3n) is 3.04. The summed E-state index contributed by atoms with van der Waals surface area (Å²) in [6.07, 6.45) is 1.75. The summed E-state index contributed by atoms with van der Waals surface area (Å²) < 4.78 is 1.72. The summed E-state index contributed by atoms with van der Waals surface area (Å²) in [4.78, 5) is 11.2. The zero-order chi connectivity index (χ0) is 14.7. The van der Waals surface area contributed by atoms with Crippen LogP contribution in [0.3, 0.4) is 0 Å². The highest BCUT2D eigenvalue weighted by molar-refractivity contribution is 5.92. The van der Waals surface area contributed by atoms with Crippen LogP contribution in [0, 0.1) is 0 Å². The molecule has 1 aromatic heterocycles. The number of urea groups is 1. The highest BCUT2D eigenvalue weighted by atomic mass is 16.2. The summed E-state index contributed by atoms with van der Waals surface area (Å²) >= 11 is 0. The van der Waals surface area contributed by atoms with Crippen molar-refractivity contribution in [3.63, 3.8) is 0 Å². The maximum absolute atomic E-state index is 11.2. The van der Waals surface area contributed by atoms with Crippen molar-refractivity contribution in [2.75, 3.05) is 5.32 Å². The zero-order valence-electron chi connectivity index (χ0n) is 11.2. The number of carbonyl (C=O) groups is 1. The van der Waals surface area contributed by atoms with E-state index in [0.29, 0.717) is 11.4 Å². The first-order chi connectivity index (χ1) is 10.2. The fourth-order valence-electron chi connectivity index (χ4n) is 2.12. The van der Waals surface area contributed by atoms with E-state index in [0.717, 1.165) is 11.3 Å². The van der Waals surface area contributed by atoms with Crippen molar-refractivity contribution in [3.8, 4) is 16.9 Å². The molecule has 5 heteroatoms. The quantitative estimate of drug-likeness (QED) is 0.773. The number of benzene rings is 2. The van der Waals surface area contributed by atoms with Crippen LogP contribution < -0.4 is 11.1 Å². The van der Waals surface area contributed by atoms with Gasteiger partial charge in [-0.25, -0.2) is 9.48 Å². The highest BCUT2D eigenvalue weighted by Gasteiger charge is 2.13. The minimum absolute atomic E-state index is 0.581. The minimum Gasteiger partial charge on any atom is -0.351 e. The Balaban J connectivity index is 2.10. The second-order valence-electron chi connectivity index (χ2n) is 4.53. The molecule has 2 aromatic carbocycles. The van der Waals surface area contributed by atoms with E-state index < -0.39 is 6.03 Å². The van der Waals surface area contributed by atoms with Gasteiger partial charge in [0.15, 0.2) is 0 Å². The van der Waals surface area contributed by atoms with Gasteiger partial charge in [0, 0.05) is 5.56 Å². The van der Waals surface area contributed by atoms with E-state index in [2.05, 4.69) is 10.4 Å². The number of primary amides is 1. The molecule has 0 fully saturated rings. The zero-order valence-corrected chi connectivity index (χ0v) is 11.2. The van der Waals surface area contributed by atoms with Gasteiger partial charge in [0.2, 0.25) is 0 Å². The lowest BCUT2D eigenvalue weighted by Crippen LogP contribution is -2.19. The van der Waals surface area contributed by atoms with E-state index in [9.17, 15) is 4.79 Å². The highest BCUT2D eigenvalue weighted by Crippen LogP contribution is 2.27. The average molecular weight is 278 g/mol. The van der Waals surface area contributed by atoms with Crippen molar-refractivity contribution < 1.29 is 4.79 Å². The molecule has 104 valence electrons. The number of rotatable bonds is 3. The van der Waals surface area contributed by atoms with Crippen LogP contribution in [0.4, 0.5) is 10.5 Å². The summed E-state index contributed by atoms with van der Waals surface area (Å²) in [5.74, 6) is 0. The first-order valence-corrected chi connectivity index (χ1v) is 6.51. The number of nitrogens with one attached hydrogen (secondary N) is 1.